The number of benzene rings is 1. The summed E-state index contributed by atoms with van der Waals surface area (Å²) in [5.41, 5.74) is 1.57. The lowest BCUT2D eigenvalue weighted by Gasteiger charge is -2.27. The molecule has 3 heteroatoms. The van der Waals surface area contributed by atoms with Gasteiger partial charge in [-0.2, -0.15) is 5.26 Å². The van der Waals surface area contributed by atoms with Gasteiger partial charge in [0, 0.05) is 13.5 Å². The van der Waals surface area contributed by atoms with Crippen LogP contribution in [0.25, 0.3) is 0 Å². The maximum Gasteiger partial charge on any atom is 0.136 e. The molecule has 0 spiro atoms. The fourth-order valence-electron chi connectivity index (χ4n) is 1.60. The molecule has 17 heavy (non-hydrogen) atoms. The minimum Gasteiger partial charge on any atom is -0.364 e. The maximum absolute atomic E-state index is 8.74. The summed E-state index contributed by atoms with van der Waals surface area (Å²) in [7, 11) is 1.63. The van der Waals surface area contributed by atoms with Crippen molar-refractivity contribution >= 4 is 12.6 Å². The predicted molar refractivity (Wildman–Crippen MR) is 71.5 cm³/mol. The standard InChI is InChI=1S/C14H15NOS/c1-3-4-5-10-14(17,16-2)13-8-6-12(11-15)7-9-13/h1,6-9,17H,4-5,10H2,2H3/t14-/m0/s1. The highest BCUT2D eigenvalue weighted by Gasteiger charge is 2.26. The van der Waals surface area contributed by atoms with Crippen LogP contribution < -0.4 is 0 Å². The van der Waals surface area contributed by atoms with Gasteiger partial charge in [0.2, 0.25) is 0 Å². The van der Waals surface area contributed by atoms with Crippen molar-refractivity contribution < 1.29 is 4.74 Å². The summed E-state index contributed by atoms with van der Waals surface area (Å²) in [5, 5.41) is 8.74. The zero-order valence-corrected chi connectivity index (χ0v) is 10.7. The van der Waals surface area contributed by atoms with Gasteiger partial charge in [0.1, 0.15) is 4.93 Å². The van der Waals surface area contributed by atoms with Crippen LogP contribution in [0.1, 0.15) is 30.4 Å². The largest absolute Gasteiger partial charge is 0.364 e. The van der Waals surface area contributed by atoms with Crippen LogP contribution in [0.3, 0.4) is 0 Å². The predicted octanol–water partition coefficient (Wildman–Crippen LogP) is 3.09. The maximum atomic E-state index is 8.74. The lowest BCUT2D eigenvalue weighted by Crippen LogP contribution is -2.21. The molecule has 0 aliphatic heterocycles. The normalized spacial score (nSPS) is 13.4. The van der Waals surface area contributed by atoms with Crippen LogP contribution in [-0.2, 0) is 9.67 Å². The first-order valence-electron chi connectivity index (χ1n) is 5.38. The van der Waals surface area contributed by atoms with E-state index >= 15 is 0 Å². The minimum atomic E-state index is -0.634. The van der Waals surface area contributed by atoms with Crippen LogP contribution in [-0.4, -0.2) is 7.11 Å². The van der Waals surface area contributed by atoms with Crippen molar-refractivity contribution in [1.29, 1.82) is 5.26 Å². The van der Waals surface area contributed by atoms with E-state index in [1.807, 2.05) is 12.1 Å². The Kier molecular flexibility index (Phi) is 5.10. The second-order valence-electron chi connectivity index (χ2n) is 3.74. The molecule has 2 nitrogen and oxygen atoms in total. The van der Waals surface area contributed by atoms with E-state index in [9.17, 15) is 0 Å². The molecular weight excluding hydrogens is 230 g/mol. The molecule has 0 bridgehead atoms. The van der Waals surface area contributed by atoms with Gasteiger partial charge in [-0.3, -0.25) is 0 Å². The lowest BCUT2D eigenvalue weighted by atomic mass is 10.0. The summed E-state index contributed by atoms with van der Waals surface area (Å²) in [4.78, 5) is -0.634. The van der Waals surface area contributed by atoms with Crippen LogP contribution in [0.2, 0.25) is 0 Å². The van der Waals surface area contributed by atoms with E-state index < -0.39 is 4.93 Å². The monoisotopic (exact) mass is 245 g/mol. The third-order valence-corrected chi connectivity index (χ3v) is 3.30. The number of nitrogens with zero attached hydrogens (tertiary/aromatic N) is 1. The minimum absolute atomic E-state index is 0.629. The van der Waals surface area contributed by atoms with Gasteiger partial charge in [0.25, 0.3) is 0 Å². The smallest absolute Gasteiger partial charge is 0.136 e. The molecule has 0 radical (unpaired) electrons. The molecule has 0 aliphatic rings. The summed E-state index contributed by atoms with van der Waals surface area (Å²) in [5.74, 6) is 2.60. The highest BCUT2D eigenvalue weighted by Crippen LogP contribution is 2.34. The summed E-state index contributed by atoms with van der Waals surface area (Å²) >= 11 is 4.57. The van der Waals surface area contributed by atoms with Gasteiger partial charge >= 0.3 is 0 Å². The van der Waals surface area contributed by atoms with Gasteiger partial charge in [-0.25, -0.2) is 0 Å². The fraction of sp³-hybridized carbons (Fsp3) is 0.357. The number of unbranched alkanes of at least 4 members (excludes halogenated alkanes) is 1. The van der Waals surface area contributed by atoms with Gasteiger partial charge in [0.05, 0.1) is 11.6 Å². The molecule has 0 aliphatic carbocycles. The van der Waals surface area contributed by atoms with Crippen molar-refractivity contribution in [1.82, 2.24) is 0 Å². The Morgan fingerprint density at radius 2 is 2.06 bits per heavy atom. The van der Waals surface area contributed by atoms with E-state index in [0.29, 0.717) is 12.0 Å². The molecule has 0 saturated heterocycles. The number of thiol groups is 1. The first kappa shape index (κ1) is 13.6. The number of hydrogen-bond donors (Lipinski definition) is 1. The molecule has 1 atom stereocenters. The van der Waals surface area contributed by atoms with Crippen LogP contribution in [0.4, 0.5) is 0 Å². The Morgan fingerprint density at radius 3 is 2.53 bits per heavy atom. The summed E-state index contributed by atoms with van der Waals surface area (Å²) in [6, 6.07) is 9.34. The second-order valence-corrected chi connectivity index (χ2v) is 4.46. The molecule has 0 aromatic heterocycles. The summed E-state index contributed by atoms with van der Waals surface area (Å²) in [6.45, 7) is 0. The molecule has 88 valence electrons. The molecule has 0 amide bonds. The SMILES string of the molecule is C#CCCC[C@@](S)(OC)c1ccc(C#N)cc1. The number of nitriles is 1. The van der Waals surface area contributed by atoms with Crippen molar-refractivity contribution in [2.45, 2.75) is 24.2 Å². The second kappa shape index (κ2) is 6.35. The van der Waals surface area contributed by atoms with Crippen molar-refractivity contribution in [3.8, 4) is 18.4 Å². The Hall–Kier alpha value is -1.42. The van der Waals surface area contributed by atoms with Gasteiger partial charge < -0.3 is 4.74 Å². The van der Waals surface area contributed by atoms with Crippen LogP contribution in [0, 0.1) is 23.7 Å². The first-order chi connectivity index (χ1) is 8.16. The van der Waals surface area contributed by atoms with Crippen molar-refractivity contribution in [3.63, 3.8) is 0 Å². The highest BCUT2D eigenvalue weighted by molar-refractivity contribution is 7.81. The van der Waals surface area contributed by atoms with E-state index in [4.69, 9.17) is 16.4 Å². The number of terminal acetylenes is 1. The highest BCUT2D eigenvalue weighted by atomic mass is 32.1. The number of rotatable bonds is 5. The molecular formula is C14H15NOS. The first-order valence-corrected chi connectivity index (χ1v) is 5.82. The van der Waals surface area contributed by atoms with E-state index in [1.54, 1.807) is 19.2 Å². The van der Waals surface area contributed by atoms with Gasteiger partial charge in [0.15, 0.2) is 0 Å². The summed E-state index contributed by atoms with van der Waals surface area (Å²) < 4.78 is 5.46. The van der Waals surface area contributed by atoms with Crippen LogP contribution in [0.5, 0.6) is 0 Å². The third kappa shape index (κ3) is 3.53. The third-order valence-electron chi connectivity index (χ3n) is 2.64. The average molecular weight is 245 g/mol. The molecule has 0 fully saturated rings. The van der Waals surface area contributed by atoms with E-state index in [-0.39, 0.29) is 0 Å². The van der Waals surface area contributed by atoms with Crippen molar-refractivity contribution in [2.24, 2.45) is 0 Å². The van der Waals surface area contributed by atoms with Gasteiger partial charge in [-0.15, -0.1) is 25.0 Å². The van der Waals surface area contributed by atoms with Gasteiger partial charge in [-0.05, 0) is 30.5 Å². The molecule has 1 rings (SSSR count). The fourth-order valence-corrected chi connectivity index (χ4v) is 1.91. The van der Waals surface area contributed by atoms with Crippen molar-refractivity contribution in [3.05, 3.63) is 35.4 Å². The Balaban J connectivity index is 2.84. The Labute approximate surface area is 108 Å². The molecule has 1 aromatic rings. The average Bonchev–Trinajstić information content (AvgIpc) is 2.39. The summed E-state index contributed by atoms with van der Waals surface area (Å²) in [6.07, 6.45) is 7.53. The molecule has 1 aromatic carbocycles. The topological polar surface area (TPSA) is 33.0 Å². The number of ether oxygens (including phenoxy) is 1. The molecule has 0 saturated carbocycles. The zero-order valence-electron chi connectivity index (χ0n) is 9.81. The van der Waals surface area contributed by atoms with E-state index in [2.05, 4.69) is 24.6 Å². The number of hydrogen-bond acceptors (Lipinski definition) is 3. The van der Waals surface area contributed by atoms with E-state index in [0.717, 1.165) is 18.4 Å². The van der Waals surface area contributed by atoms with Crippen LogP contribution >= 0.6 is 12.6 Å². The van der Waals surface area contributed by atoms with E-state index in [1.165, 1.54) is 0 Å². The molecule has 0 unspecified atom stereocenters. The van der Waals surface area contributed by atoms with Gasteiger partial charge in [-0.1, -0.05) is 12.1 Å². The molecule has 0 N–H and O–H groups in total. The van der Waals surface area contributed by atoms with Crippen molar-refractivity contribution in [2.75, 3.05) is 7.11 Å². The zero-order chi connectivity index (χ0) is 12.7. The Morgan fingerprint density at radius 1 is 1.41 bits per heavy atom. The quantitative estimate of drug-likeness (QED) is 0.374. The number of methoxy groups -OCH3 is 1. The Bertz CT molecular complexity index is 441. The lowest BCUT2D eigenvalue weighted by molar-refractivity contribution is 0.0622. The van der Waals surface area contributed by atoms with Crippen LogP contribution in [0.15, 0.2) is 24.3 Å². The molecule has 0 heterocycles.